The van der Waals surface area contributed by atoms with Gasteiger partial charge in [-0.05, 0) is 34.3 Å². The third-order valence-electron chi connectivity index (χ3n) is 1.91. The van der Waals surface area contributed by atoms with Crippen molar-refractivity contribution in [1.29, 1.82) is 0 Å². The van der Waals surface area contributed by atoms with Crippen molar-refractivity contribution in [2.45, 2.75) is 10.1 Å². The maximum Gasteiger partial charge on any atom is 0.301 e. The number of para-hydroxylation sites is 1. The number of aromatic nitrogens is 4. The molecular formula is C8H6ClN5O2S. The monoisotopic (exact) mass is 271 g/mol. The average molecular weight is 272 g/mol. The molecule has 2 rings (SSSR count). The lowest BCUT2D eigenvalue weighted by atomic mass is 10.3. The van der Waals surface area contributed by atoms with Gasteiger partial charge >= 0.3 is 5.69 Å². The first-order chi connectivity index (χ1) is 8.09. The van der Waals surface area contributed by atoms with Crippen molar-refractivity contribution in [3.05, 3.63) is 33.3 Å². The molecule has 0 aliphatic rings. The van der Waals surface area contributed by atoms with Gasteiger partial charge in [-0.1, -0.05) is 17.7 Å². The molecule has 0 atom stereocenters. The molecule has 0 N–H and O–H groups in total. The smallest absolute Gasteiger partial charge is 0.258 e. The molecule has 9 heteroatoms. The van der Waals surface area contributed by atoms with Gasteiger partial charge < -0.3 is 0 Å². The van der Waals surface area contributed by atoms with Gasteiger partial charge in [0.15, 0.2) is 0 Å². The Morgan fingerprint density at radius 3 is 2.88 bits per heavy atom. The number of nitrogens with zero attached hydrogens (tertiary/aromatic N) is 5. The van der Waals surface area contributed by atoms with E-state index in [2.05, 4.69) is 15.5 Å². The van der Waals surface area contributed by atoms with Crippen LogP contribution >= 0.6 is 23.4 Å². The molecule has 0 aliphatic heterocycles. The van der Waals surface area contributed by atoms with Crippen LogP contribution in [0.2, 0.25) is 5.02 Å². The third-order valence-corrected chi connectivity index (χ3v) is 3.30. The Kier molecular flexibility index (Phi) is 3.25. The number of nitro benzene ring substituents is 1. The first-order valence-electron chi connectivity index (χ1n) is 4.42. The van der Waals surface area contributed by atoms with Crippen LogP contribution in [0.5, 0.6) is 0 Å². The summed E-state index contributed by atoms with van der Waals surface area (Å²) in [7, 11) is 1.65. The van der Waals surface area contributed by atoms with Crippen LogP contribution in [0.3, 0.4) is 0 Å². The van der Waals surface area contributed by atoms with E-state index in [0.29, 0.717) is 10.1 Å². The first kappa shape index (κ1) is 11.8. The Morgan fingerprint density at radius 2 is 2.29 bits per heavy atom. The van der Waals surface area contributed by atoms with Crippen LogP contribution < -0.4 is 0 Å². The largest absolute Gasteiger partial charge is 0.301 e. The van der Waals surface area contributed by atoms with Gasteiger partial charge in [-0.15, -0.1) is 5.10 Å². The minimum Gasteiger partial charge on any atom is -0.258 e. The zero-order valence-corrected chi connectivity index (χ0v) is 10.1. The van der Waals surface area contributed by atoms with Gasteiger partial charge in [0.05, 0.1) is 9.82 Å². The van der Waals surface area contributed by atoms with Gasteiger partial charge in [0.1, 0.15) is 5.02 Å². The highest BCUT2D eigenvalue weighted by molar-refractivity contribution is 7.99. The Morgan fingerprint density at radius 1 is 1.53 bits per heavy atom. The molecule has 0 unspecified atom stereocenters. The highest BCUT2D eigenvalue weighted by Crippen LogP contribution is 2.37. The summed E-state index contributed by atoms with van der Waals surface area (Å²) in [4.78, 5) is 10.8. The number of halogens is 1. The van der Waals surface area contributed by atoms with Gasteiger partial charge in [-0.3, -0.25) is 10.1 Å². The van der Waals surface area contributed by atoms with Crippen LogP contribution in [0.1, 0.15) is 0 Å². The fourth-order valence-electron chi connectivity index (χ4n) is 1.16. The van der Waals surface area contributed by atoms with Gasteiger partial charge in [0.2, 0.25) is 5.16 Å². The summed E-state index contributed by atoms with van der Waals surface area (Å²) in [6.45, 7) is 0. The van der Waals surface area contributed by atoms with Crippen molar-refractivity contribution in [2.75, 3.05) is 0 Å². The second-order valence-electron chi connectivity index (χ2n) is 3.03. The number of benzene rings is 1. The van der Waals surface area contributed by atoms with Gasteiger partial charge in [0.25, 0.3) is 0 Å². The summed E-state index contributed by atoms with van der Waals surface area (Å²) >= 11 is 6.88. The highest BCUT2D eigenvalue weighted by atomic mass is 35.5. The van der Waals surface area contributed by atoms with Crippen LogP contribution in [0.4, 0.5) is 5.69 Å². The highest BCUT2D eigenvalue weighted by Gasteiger charge is 2.20. The maximum atomic E-state index is 10.9. The summed E-state index contributed by atoms with van der Waals surface area (Å²) in [6, 6.07) is 4.71. The second-order valence-corrected chi connectivity index (χ2v) is 4.45. The molecule has 0 bridgehead atoms. The number of hydrogen-bond donors (Lipinski definition) is 0. The van der Waals surface area contributed by atoms with Crippen molar-refractivity contribution in [1.82, 2.24) is 20.2 Å². The van der Waals surface area contributed by atoms with E-state index in [-0.39, 0.29) is 10.7 Å². The SMILES string of the molecule is Cn1nnnc1Sc1cccc(Cl)c1[N+](=O)[O-]. The minimum absolute atomic E-state index is 0.0927. The molecule has 0 aliphatic carbocycles. The number of aryl methyl sites for hydroxylation is 1. The number of tetrazole rings is 1. The van der Waals surface area contributed by atoms with Crippen LogP contribution in [0.25, 0.3) is 0 Å². The fraction of sp³-hybridized carbons (Fsp3) is 0.125. The van der Waals surface area contributed by atoms with E-state index in [1.807, 2.05) is 0 Å². The lowest BCUT2D eigenvalue weighted by molar-refractivity contribution is -0.387. The van der Waals surface area contributed by atoms with Crippen molar-refractivity contribution in [2.24, 2.45) is 7.05 Å². The summed E-state index contributed by atoms with van der Waals surface area (Å²) in [5.41, 5.74) is -0.137. The maximum absolute atomic E-state index is 10.9. The number of hydrogen-bond acceptors (Lipinski definition) is 6. The van der Waals surface area contributed by atoms with Crippen LogP contribution in [0, 0.1) is 10.1 Å². The summed E-state index contributed by atoms with van der Waals surface area (Å²) in [6.07, 6.45) is 0. The van der Waals surface area contributed by atoms with Gasteiger partial charge in [0, 0.05) is 7.05 Å². The van der Waals surface area contributed by atoms with E-state index in [1.54, 1.807) is 19.2 Å². The van der Waals surface area contributed by atoms with Crippen molar-refractivity contribution in [3.63, 3.8) is 0 Å². The standard InChI is InChI=1S/C8H6ClN5O2S/c1-13-8(10-11-12-13)17-6-4-2-3-5(9)7(6)14(15)16/h2-4H,1H3. The Labute approximate surface area is 105 Å². The summed E-state index contributed by atoms with van der Waals surface area (Å²) in [5.74, 6) is 0. The van der Waals surface area contributed by atoms with Gasteiger partial charge in [-0.2, -0.15) is 0 Å². The average Bonchev–Trinajstić information content (AvgIpc) is 2.64. The van der Waals surface area contributed by atoms with E-state index in [4.69, 9.17) is 11.6 Å². The Balaban J connectivity index is 2.43. The van der Waals surface area contributed by atoms with Crippen LogP contribution in [-0.2, 0) is 7.05 Å². The molecule has 17 heavy (non-hydrogen) atoms. The van der Waals surface area contributed by atoms with Crippen LogP contribution in [-0.4, -0.2) is 25.1 Å². The summed E-state index contributed by atoms with van der Waals surface area (Å²) in [5, 5.41) is 22.3. The van der Waals surface area contributed by atoms with E-state index >= 15 is 0 Å². The summed E-state index contributed by atoms with van der Waals surface area (Å²) < 4.78 is 1.43. The van der Waals surface area contributed by atoms with E-state index in [9.17, 15) is 10.1 Å². The topological polar surface area (TPSA) is 86.7 Å². The van der Waals surface area contributed by atoms with Crippen molar-refractivity contribution >= 4 is 29.1 Å². The quantitative estimate of drug-likeness (QED) is 0.626. The Hall–Kier alpha value is -1.67. The number of rotatable bonds is 3. The molecule has 0 saturated heterocycles. The number of nitro groups is 1. The molecule has 7 nitrogen and oxygen atoms in total. The Bertz CT molecular complexity index is 573. The van der Waals surface area contributed by atoms with Crippen LogP contribution in [0.15, 0.2) is 28.3 Å². The van der Waals surface area contributed by atoms with Gasteiger partial charge in [-0.25, -0.2) is 4.68 Å². The zero-order valence-electron chi connectivity index (χ0n) is 8.57. The molecule has 0 fully saturated rings. The molecule has 0 saturated carbocycles. The second kappa shape index (κ2) is 4.68. The predicted molar refractivity (Wildman–Crippen MR) is 61.0 cm³/mol. The first-order valence-corrected chi connectivity index (χ1v) is 5.62. The zero-order chi connectivity index (χ0) is 12.4. The molecule has 0 amide bonds. The molecule has 1 aromatic carbocycles. The van der Waals surface area contributed by atoms with Crippen molar-refractivity contribution in [3.8, 4) is 0 Å². The molecular weight excluding hydrogens is 266 g/mol. The third kappa shape index (κ3) is 2.37. The fourth-order valence-corrected chi connectivity index (χ4v) is 2.33. The predicted octanol–water partition coefficient (Wildman–Crippen LogP) is 1.92. The normalized spacial score (nSPS) is 10.5. The molecule has 0 spiro atoms. The lowest BCUT2D eigenvalue weighted by Crippen LogP contribution is -1.95. The van der Waals surface area contributed by atoms with E-state index in [0.717, 1.165) is 11.8 Å². The van der Waals surface area contributed by atoms with E-state index in [1.165, 1.54) is 10.7 Å². The molecule has 1 aromatic heterocycles. The molecule has 2 aromatic rings. The van der Waals surface area contributed by atoms with E-state index < -0.39 is 4.92 Å². The molecule has 1 heterocycles. The van der Waals surface area contributed by atoms with Crippen molar-refractivity contribution < 1.29 is 4.92 Å². The lowest BCUT2D eigenvalue weighted by Gasteiger charge is -2.02. The minimum atomic E-state index is -0.519. The molecule has 88 valence electrons. The molecule has 0 radical (unpaired) electrons.